The Morgan fingerprint density at radius 2 is 1.79 bits per heavy atom. The van der Waals surface area contributed by atoms with Gasteiger partial charge >= 0.3 is 0 Å². The van der Waals surface area contributed by atoms with E-state index in [2.05, 4.69) is 31.8 Å². The second-order valence-corrected chi connectivity index (χ2v) is 9.21. The lowest BCUT2D eigenvalue weighted by Crippen LogP contribution is -2.29. The van der Waals surface area contributed by atoms with Crippen LogP contribution in [0.15, 0.2) is 29.2 Å². The number of thiol groups is 1. The van der Waals surface area contributed by atoms with Crippen LogP contribution >= 0.6 is 12.6 Å². The predicted octanol–water partition coefficient (Wildman–Crippen LogP) is 4.20. The maximum Gasteiger partial charge on any atom is 0.297 e. The van der Waals surface area contributed by atoms with Crippen LogP contribution in [0, 0.1) is 5.92 Å². The Balaban J connectivity index is 2.24. The number of rotatable bonds is 16. The summed E-state index contributed by atoms with van der Waals surface area (Å²) >= 11 is 4.27. The van der Waals surface area contributed by atoms with Crippen molar-refractivity contribution in [3.8, 4) is 5.75 Å². The van der Waals surface area contributed by atoms with E-state index >= 15 is 0 Å². The average Bonchev–Trinajstić information content (AvgIpc) is 2.72. The van der Waals surface area contributed by atoms with Crippen molar-refractivity contribution in [2.45, 2.75) is 63.7 Å². The van der Waals surface area contributed by atoms with Crippen molar-refractivity contribution >= 4 is 28.7 Å². The largest absolute Gasteiger partial charge is 0.494 e. The summed E-state index contributed by atoms with van der Waals surface area (Å²) in [6, 6.07) is 6.01. The van der Waals surface area contributed by atoms with Gasteiger partial charge in [0.25, 0.3) is 10.1 Å². The number of amides is 1. The number of carbonyl (C=O) groups is 1. The van der Waals surface area contributed by atoms with Gasteiger partial charge in [-0.05, 0) is 55.2 Å². The van der Waals surface area contributed by atoms with Crippen LogP contribution in [0.5, 0.6) is 5.75 Å². The molecule has 1 rings (SSSR count). The third kappa shape index (κ3) is 11.5. The van der Waals surface area contributed by atoms with Crippen LogP contribution in [0.25, 0.3) is 0 Å². The highest BCUT2D eigenvalue weighted by Gasteiger charge is 2.17. The van der Waals surface area contributed by atoms with Gasteiger partial charge in [0.2, 0.25) is 5.91 Å². The maximum atomic E-state index is 12.2. The van der Waals surface area contributed by atoms with Gasteiger partial charge in [-0.3, -0.25) is 8.98 Å². The van der Waals surface area contributed by atoms with Gasteiger partial charge in [-0.25, -0.2) is 0 Å². The van der Waals surface area contributed by atoms with Gasteiger partial charge in [0.05, 0.1) is 11.5 Å². The molecule has 0 saturated carbocycles. The molecule has 1 N–H and O–H groups in total. The lowest BCUT2D eigenvalue weighted by molar-refractivity contribution is -0.123. The summed E-state index contributed by atoms with van der Waals surface area (Å²) < 4.78 is 34.7. The Morgan fingerprint density at radius 3 is 2.45 bits per heavy atom. The second-order valence-electron chi connectivity index (χ2n) is 7.23. The lowest BCUT2D eigenvalue weighted by atomic mass is 10.0. The van der Waals surface area contributed by atoms with Crippen LogP contribution in [0.1, 0.15) is 58.8 Å². The Kier molecular flexibility index (Phi) is 13.1. The summed E-state index contributed by atoms with van der Waals surface area (Å²) in [5.74, 6) is 1.73. The van der Waals surface area contributed by atoms with Crippen LogP contribution in [-0.4, -0.2) is 39.8 Å². The van der Waals surface area contributed by atoms with E-state index < -0.39 is 22.6 Å². The molecule has 0 radical (unpaired) electrons. The molecule has 1 atom stereocenters. The Hall–Kier alpha value is -1.25. The zero-order valence-corrected chi connectivity index (χ0v) is 19.3. The molecular weight excluding hydrogens is 410 g/mol. The zero-order valence-electron chi connectivity index (χ0n) is 17.6. The molecule has 166 valence electrons. The van der Waals surface area contributed by atoms with Gasteiger partial charge in [-0.2, -0.15) is 21.0 Å². The molecule has 0 spiro atoms. The van der Waals surface area contributed by atoms with E-state index in [1.807, 2.05) is 0 Å². The molecule has 0 fully saturated rings. The first-order valence-corrected chi connectivity index (χ1v) is 12.4. The number of nitrogens with one attached hydrogen (secondary N) is 1. The van der Waals surface area contributed by atoms with Crippen LogP contribution in [0.3, 0.4) is 0 Å². The molecule has 0 aromatic heterocycles. The minimum atomic E-state index is -3.97. The van der Waals surface area contributed by atoms with Gasteiger partial charge in [0.15, 0.2) is 0 Å². The van der Waals surface area contributed by atoms with E-state index in [0.717, 1.165) is 37.9 Å². The van der Waals surface area contributed by atoms with Crippen molar-refractivity contribution in [1.82, 2.24) is 5.32 Å². The maximum absolute atomic E-state index is 12.2. The number of ether oxygens (including phenoxy) is 1. The first-order valence-electron chi connectivity index (χ1n) is 10.4. The molecule has 0 aliphatic heterocycles. The SMILES string of the molecule is CCCCOc1ccc(S(=O)(=O)OCC(=O)NCCCCCCC(C)CS)cc1. The molecule has 8 heteroatoms. The van der Waals surface area contributed by atoms with E-state index in [4.69, 9.17) is 8.92 Å². The van der Waals surface area contributed by atoms with E-state index in [1.54, 1.807) is 12.1 Å². The normalized spacial score (nSPS) is 12.5. The van der Waals surface area contributed by atoms with Crippen molar-refractivity contribution in [1.29, 1.82) is 0 Å². The summed E-state index contributed by atoms with van der Waals surface area (Å²) in [6.45, 7) is 4.86. The third-order valence-corrected chi connectivity index (χ3v) is 6.38. The summed E-state index contributed by atoms with van der Waals surface area (Å²) in [5, 5.41) is 2.69. The zero-order chi connectivity index (χ0) is 21.5. The molecule has 0 heterocycles. The number of hydrogen-bond donors (Lipinski definition) is 2. The van der Waals surface area contributed by atoms with E-state index in [0.29, 0.717) is 24.8 Å². The second kappa shape index (κ2) is 14.7. The number of carbonyl (C=O) groups excluding carboxylic acids is 1. The van der Waals surface area contributed by atoms with Crippen molar-refractivity contribution in [2.24, 2.45) is 5.92 Å². The molecule has 1 unspecified atom stereocenters. The Bertz CT molecular complexity index is 677. The monoisotopic (exact) mass is 445 g/mol. The van der Waals surface area contributed by atoms with Crippen molar-refractivity contribution in [2.75, 3.05) is 25.5 Å². The predicted molar refractivity (Wildman–Crippen MR) is 119 cm³/mol. The van der Waals surface area contributed by atoms with Gasteiger partial charge in [-0.15, -0.1) is 0 Å². The summed E-state index contributed by atoms with van der Waals surface area (Å²) in [7, 11) is -3.97. The molecule has 1 amide bonds. The molecule has 6 nitrogen and oxygen atoms in total. The Labute approximate surface area is 181 Å². The smallest absolute Gasteiger partial charge is 0.297 e. The number of unbranched alkanes of at least 4 members (excludes halogenated alkanes) is 4. The molecule has 1 aromatic rings. The van der Waals surface area contributed by atoms with Crippen molar-refractivity contribution in [3.63, 3.8) is 0 Å². The minimum absolute atomic E-state index is 0.00332. The van der Waals surface area contributed by atoms with Crippen molar-refractivity contribution in [3.05, 3.63) is 24.3 Å². The van der Waals surface area contributed by atoms with Gasteiger partial charge in [0.1, 0.15) is 12.4 Å². The molecule has 0 aliphatic carbocycles. The average molecular weight is 446 g/mol. The van der Waals surface area contributed by atoms with E-state index in [-0.39, 0.29) is 4.90 Å². The van der Waals surface area contributed by atoms with E-state index in [9.17, 15) is 13.2 Å². The lowest BCUT2D eigenvalue weighted by Gasteiger charge is -2.09. The van der Waals surface area contributed by atoms with E-state index in [1.165, 1.54) is 25.0 Å². The van der Waals surface area contributed by atoms with Crippen LogP contribution in [-0.2, 0) is 19.1 Å². The number of hydrogen-bond acceptors (Lipinski definition) is 6. The summed E-state index contributed by atoms with van der Waals surface area (Å²) in [4.78, 5) is 11.8. The molecular formula is C21H35NO5S2. The van der Waals surface area contributed by atoms with Gasteiger partial charge in [-0.1, -0.05) is 39.5 Å². The van der Waals surface area contributed by atoms with Gasteiger partial charge in [0, 0.05) is 6.54 Å². The number of benzene rings is 1. The fourth-order valence-electron chi connectivity index (χ4n) is 2.58. The highest BCUT2D eigenvalue weighted by atomic mass is 32.2. The van der Waals surface area contributed by atoms with Crippen LogP contribution in [0.2, 0.25) is 0 Å². The fourth-order valence-corrected chi connectivity index (χ4v) is 3.63. The molecule has 0 saturated heterocycles. The highest BCUT2D eigenvalue weighted by molar-refractivity contribution is 7.86. The summed E-state index contributed by atoms with van der Waals surface area (Å²) in [5.41, 5.74) is 0. The standard InChI is InChI=1S/C21H35NO5S2/c1-3-4-15-26-19-10-12-20(13-11-19)29(24,25)27-16-21(23)22-14-8-6-5-7-9-18(2)17-28/h10-13,18,28H,3-9,14-17H2,1-2H3,(H,22,23). The summed E-state index contributed by atoms with van der Waals surface area (Å²) in [6.07, 6.45) is 7.33. The fraction of sp³-hybridized carbons (Fsp3) is 0.667. The highest BCUT2D eigenvalue weighted by Crippen LogP contribution is 2.18. The molecule has 29 heavy (non-hydrogen) atoms. The minimum Gasteiger partial charge on any atom is -0.494 e. The molecule has 0 bridgehead atoms. The molecule has 1 aromatic carbocycles. The molecule has 0 aliphatic rings. The topological polar surface area (TPSA) is 81.7 Å². The third-order valence-electron chi connectivity index (χ3n) is 4.48. The van der Waals surface area contributed by atoms with Crippen LogP contribution in [0.4, 0.5) is 0 Å². The quantitative estimate of drug-likeness (QED) is 0.226. The van der Waals surface area contributed by atoms with Crippen LogP contribution < -0.4 is 10.1 Å². The first kappa shape index (κ1) is 25.8. The van der Waals surface area contributed by atoms with Crippen molar-refractivity contribution < 1.29 is 22.1 Å². The first-order chi connectivity index (χ1) is 13.9. The Morgan fingerprint density at radius 1 is 1.10 bits per heavy atom. The van der Waals surface area contributed by atoms with Gasteiger partial charge < -0.3 is 10.1 Å².